The zero-order chi connectivity index (χ0) is 17.0. The third kappa shape index (κ3) is 4.76. The van der Waals surface area contributed by atoms with Crippen molar-refractivity contribution in [2.45, 2.75) is 46.5 Å². The van der Waals surface area contributed by atoms with Crippen LogP contribution in [0.15, 0.2) is 30.3 Å². The van der Waals surface area contributed by atoms with E-state index in [1.165, 1.54) is 5.56 Å². The number of anilines is 1. The summed E-state index contributed by atoms with van der Waals surface area (Å²) >= 11 is 1.62. The first-order chi connectivity index (χ1) is 10.9. The van der Waals surface area contributed by atoms with Gasteiger partial charge in [-0.1, -0.05) is 26.0 Å². The number of thiophene rings is 1. The van der Waals surface area contributed by atoms with Gasteiger partial charge in [0, 0.05) is 33.8 Å². The van der Waals surface area contributed by atoms with Gasteiger partial charge >= 0.3 is 0 Å². The van der Waals surface area contributed by atoms with E-state index >= 15 is 0 Å². The highest BCUT2D eigenvalue weighted by Gasteiger charge is 2.14. The van der Waals surface area contributed by atoms with E-state index in [0.717, 1.165) is 21.0 Å². The normalized spacial score (nSPS) is 10.8. The topological polar surface area (TPSA) is 46.2 Å². The van der Waals surface area contributed by atoms with Crippen LogP contribution in [-0.2, 0) is 4.79 Å². The van der Waals surface area contributed by atoms with E-state index < -0.39 is 0 Å². The standard InChI is InChI=1S/C19H23NO2S/c1-12(2)15-6-5-7-16(11-15)20-19(22)9-8-18(21)17-10-13(3)23-14(17)4/h5-7,10-12H,8-9H2,1-4H3,(H,20,22). The number of amides is 1. The van der Waals surface area contributed by atoms with Crippen LogP contribution in [0.5, 0.6) is 0 Å². The summed E-state index contributed by atoms with van der Waals surface area (Å²) in [6, 6.07) is 9.75. The lowest BCUT2D eigenvalue weighted by Gasteiger charge is -2.09. The monoisotopic (exact) mass is 329 g/mol. The summed E-state index contributed by atoms with van der Waals surface area (Å²) < 4.78 is 0. The zero-order valence-electron chi connectivity index (χ0n) is 14.1. The average Bonchev–Trinajstić information content (AvgIpc) is 2.84. The van der Waals surface area contributed by atoms with Gasteiger partial charge in [-0.3, -0.25) is 9.59 Å². The van der Waals surface area contributed by atoms with Crippen LogP contribution in [0.1, 0.15) is 58.3 Å². The van der Waals surface area contributed by atoms with E-state index in [0.29, 0.717) is 5.92 Å². The van der Waals surface area contributed by atoms with Gasteiger partial charge in [-0.2, -0.15) is 0 Å². The number of carbonyl (C=O) groups excluding carboxylic acids is 2. The SMILES string of the molecule is Cc1cc(C(=O)CCC(=O)Nc2cccc(C(C)C)c2)c(C)s1. The van der Waals surface area contributed by atoms with Gasteiger partial charge in [-0.05, 0) is 43.5 Å². The predicted molar refractivity (Wildman–Crippen MR) is 96.5 cm³/mol. The molecule has 0 saturated heterocycles. The third-order valence-corrected chi connectivity index (χ3v) is 4.72. The first-order valence-corrected chi connectivity index (χ1v) is 8.68. The molecule has 0 spiro atoms. The molecular weight excluding hydrogens is 306 g/mol. The molecule has 2 aromatic rings. The molecule has 0 saturated carbocycles. The van der Waals surface area contributed by atoms with Crippen LogP contribution in [0, 0.1) is 13.8 Å². The van der Waals surface area contributed by atoms with Gasteiger partial charge in [-0.25, -0.2) is 0 Å². The Hall–Kier alpha value is -1.94. The molecule has 1 N–H and O–H groups in total. The number of nitrogens with one attached hydrogen (secondary N) is 1. The Morgan fingerprint density at radius 3 is 2.48 bits per heavy atom. The fourth-order valence-electron chi connectivity index (χ4n) is 2.47. The van der Waals surface area contributed by atoms with E-state index in [1.807, 2.05) is 44.2 Å². The van der Waals surface area contributed by atoms with Gasteiger partial charge < -0.3 is 5.32 Å². The molecule has 122 valence electrons. The Balaban J connectivity index is 1.91. The van der Waals surface area contributed by atoms with Gasteiger partial charge in [-0.15, -0.1) is 11.3 Å². The molecule has 1 aromatic heterocycles. The first-order valence-electron chi connectivity index (χ1n) is 7.87. The predicted octanol–water partition coefficient (Wildman–Crippen LogP) is 5.09. The molecule has 23 heavy (non-hydrogen) atoms. The van der Waals surface area contributed by atoms with Gasteiger partial charge in [0.2, 0.25) is 5.91 Å². The molecular formula is C19H23NO2S. The zero-order valence-corrected chi connectivity index (χ0v) is 14.9. The van der Waals surface area contributed by atoms with E-state index in [2.05, 4.69) is 19.2 Å². The van der Waals surface area contributed by atoms with Crippen molar-refractivity contribution in [3.05, 3.63) is 51.2 Å². The van der Waals surface area contributed by atoms with E-state index in [9.17, 15) is 9.59 Å². The number of hydrogen-bond donors (Lipinski definition) is 1. The Morgan fingerprint density at radius 2 is 1.87 bits per heavy atom. The summed E-state index contributed by atoms with van der Waals surface area (Å²) in [5.74, 6) is 0.333. The fourth-order valence-corrected chi connectivity index (χ4v) is 3.41. The van der Waals surface area contributed by atoms with Crippen LogP contribution in [0.3, 0.4) is 0 Å². The number of rotatable bonds is 6. The van der Waals surface area contributed by atoms with Crippen LogP contribution in [-0.4, -0.2) is 11.7 Å². The van der Waals surface area contributed by atoms with Crippen molar-refractivity contribution in [2.75, 3.05) is 5.32 Å². The smallest absolute Gasteiger partial charge is 0.224 e. The molecule has 0 aliphatic heterocycles. The number of ketones is 1. The molecule has 1 amide bonds. The quantitative estimate of drug-likeness (QED) is 0.750. The van der Waals surface area contributed by atoms with E-state index in [-0.39, 0.29) is 24.5 Å². The van der Waals surface area contributed by atoms with Crippen molar-refractivity contribution < 1.29 is 9.59 Å². The molecule has 1 heterocycles. The van der Waals surface area contributed by atoms with Crippen molar-refractivity contribution in [3.8, 4) is 0 Å². The molecule has 0 aliphatic rings. The molecule has 2 rings (SSSR count). The molecule has 0 unspecified atom stereocenters. The third-order valence-electron chi connectivity index (χ3n) is 3.76. The average molecular weight is 329 g/mol. The molecule has 0 bridgehead atoms. The second-order valence-corrected chi connectivity index (χ2v) is 7.54. The second kappa shape index (κ2) is 7.55. The Morgan fingerprint density at radius 1 is 1.13 bits per heavy atom. The molecule has 0 aliphatic carbocycles. The van der Waals surface area contributed by atoms with Crippen molar-refractivity contribution in [1.29, 1.82) is 0 Å². The van der Waals surface area contributed by atoms with Gasteiger partial charge in [0.1, 0.15) is 0 Å². The second-order valence-electron chi connectivity index (χ2n) is 6.08. The highest BCUT2D eigenvalue weighted by atomic mass is 32.1. The molecule has 0 fully saturated rings. The van der Waals surface area contributed by atoms with Crippen LogP contribution in [0.2, 0.25) is 0 Å². The number of aryl methyl sites for hydroxylation is 2. The maximum atomic E-state index is 12.2. The summed E-state index contributed by atoms with van der Waals surface area (Å²) in [6.07, 6.45) is 0.450. The lowest BCUT2D eigenvalue weighted by molar-refractivity contribution is -0.116. The Kier molecular flexibility index (Phi) is 5.72. The van der Waals surface area contributed by atoms with Crippen LogP contribution in [0.4, 0.5) is 5.69 Å². The minimum atomic E-state index is -0.121. The minimum absolute atomic E-state index is 0.0398. The number of Topliss-reactive ketones (excluding diaryl/α,β-unsaturated/α-hetero) is 1. The summed E-state index contributed by atoms with van der Waals surface area (Å²) in [6.45, 7) is 8.17. The van der Waals surface area contributed by atoms with Crippen molar-refractivity contribution in [1.82, 2.24) is 0 Å². The highest BCUT2D eigenvalue weighted by molar-refractivity contribution is 7.12. The largest absolute Gasteiger partial charge is 0.326 e. The maximum Gasteiger partial charge on any atom is 0.224 e. The summed E-state index contributed by atoms with van der Waals surface area (Å²) in [5, 5.41) is 2.88. The van der Waals surface area contributed by atoms with Crippen LogP contribution < -0.4 is 5.32 Å². The maximum absolute atomic E-state index is 12.2. The molecule has 4 heteroatoms. The van der Waals surface area contributed by atoms with Crippen molar-refractivity contribution in [3.63, 3.8) is 0 Å². The lowest BCUT2D eigenvalue weighted by Crippen LogP contribution is -2.13. The van der Waals surface area contributed by atoms with Crippen molar-refractivity contribution >= 4 is 28.7 Å². The fraction of sp³-hybridized carbons (Fsp3) is 0.368. The Bertz CT molecular complexity index is 716. The van der Waals surface area contributed by atoms with Crippen LogP contribution >= 0.6 is 11.3 Å². The molecule has 0 atom stereocenters. The number of benzene rings is 1. The van der Waals surface area contributed by atoms with Crippen LogP contribution in [0.25, 0.3) is 0 Å². The first kappa shape index (κ1) is 17.4. The highest BCUT2D eigenvalue weighted by Crippen LogP contribution is 2.22. The summed E-state index contributed by atoms with van der Waals surface area (Å²) in [5.41, 5.74) is 2.72. The minimum Gasteiger partial charge on any atom is -0.326 e. The molecule has 1 aromatic carbocycles. The van der Waals surface area contributed by atoms with E-state index in [4.69, 9.17) is 0 Å². The lowest BCUT2D eigenvalue weighted by atomic mass is 10.0. The van der Waals surface area contributed by atoms with Gasteiger partial charge in [0.05, 0.1) is 0 Å². The van der Waals surface area contributed by atoms with Gasteiger partial charge in [0.25, 0.3) is 0 Å². The van der Waals surface area contributed by atoms with Gasteiger partial charge in [0.15, 0.2) is 5.78 Å². The number of hydrogen-bond acceptors (Lipinski definition) is 3. The molecule has 0 radical (unpaired) electrons. The summed E-state index contributed by atoms with van der Waals surface area (Å²) in [7, 11) is 0. The van der Waals surface area contributed by atoms with Crippen molar-refractivity contribution in [2.24, 2.45) is 0 Å². The molecule has 3 nitrogen and oxygen atoms in total. The van der Waals surface area contributed by atoms with E-state index in [1.54, 1.807) is 11.3 Å². The Labute approximate surface area is 141 Å². The summed E-state index contributed by atoms with van der Waals surface area (Å²) in [4.78, 5) is 26.4. The number of carbonyl (C=O) groups is 2.